The third-order valence-corrected chi connectivity index (χ3v) is 2.68. The highest BCUT2D eigenvalue weighted by atomic mass is 16.5. The van der Waals surface area contributed by atoms with Gasteiger partial charge >= 0.3 is 0 Å². The van der Waals surface area contributed by atoms with E-state index in [0.717, 1.165) is 18.2 Å². The number of rotatable bonds is 8. The third kappa shape index (κ3) is 4.12. The third-order valence-electron chi connectivity index (χ3n) is 2.68. The molecule has 0 spiro atoms. The van der Waals surface area contributed by atoms with E-state index in [9.17, 15) is 0 Å². The summed E-state index contributed by atoms with van der Waals surface area (Å²) in [6, 6.07) is 2.15. The second-order valence-corrected chi connectivity index (χ2v) is 4.00. The van der Waals surface area contributed by atoms with Gasteiger partial charge < -0.3 is 19.7 Å². The van der Waals surface area contributed by atoms with E-state index >= 15 is 0 Å². The van der Waals surface area contributed by atoms with Gasteiger partial charge in [-0.25, -0.2) is 9.97 Å². The first kappa shape index (κ1) is 14.7. The molecule has 1 aromatic heterocycles. The van der Waals surface area contributed by atoms with Crippen LogP contribution in [0.15, 0.2) is 12.4 Å². The molecular weight excluding hydrogens is 232 g/mol. The van der Waals surface area contributed by atoms with Crippen LogP contribution in [0.25, 0.3) is 0 Å². The van der Waals surface area contributed by atoms with Gasteiger partial charge in [-0.15, -0.1) is 0 Å². The van der Waals surface area contributed by atoms with E-state index in [0.29, 0.717) is 13.2 Å². The largest absolute Gasteiger partial charge is 0.383 e. The molecule has 1 rings (SSSR count). The van der Waals surface area contributed by atoms with Crippen molar-refractivity contribution in [2.45, 2.75) is 13.0 Å². The van der Waals surface area contributed by atoms with Crippen LogP contribution in [0, 0.1) is 0 Å². The predicted molar refractivity (Wildman–Crippen MR) is 72.1 cm³/mol. The van der Waals surface area contributed by atoms with E-state index in [1.165, 1.54) is 0 Å². The van der Waals surface area contributed by atoms with Crippen LogP contribution in [-0.4, -0.2) is 57.0 Å². The van der Waals surface area contributed by atoms with Crippen molar-refractivity contribution >= 4 is 11.6 Å². The lowest BCUT2D eigenvalue weighted by Crippen LogP contribution is -2.39. The minimum absolute atomic E-state index is 0.227. The molecule has 0 aliphatic rings. The van der Waals surface area contributed by atoms with Crippen LogP contribution in [0.5, 0.6) is 0 Å². The summed E-state index contributed by atoms with van der Waals surface area (Å²) in [5, 5.41) is 3.01. The van der Waals surface area contributed by atoms with Crippen molar-refractivity contribution in [3.63, 3.8) is 0 Å². The van der Waals surface area contributed by atoms with Crippen LogP contribution < -0.4 is 10.2 Å². The Balaban J connectivity index is 2.85. The van der Waals surface area contributed by atoms with Gasteiger partial charge in [0.2, 0.25) is 0 Å². The minimum atomic E-state index is 0.227. The van der Waals surface area contributed by atoms with Gasteiger partial charge in [0.25, 0.3) is 0 Å². The van der Waals surface area contributed by atoms with Crippen molar-refractivity contribution in [3.8, 4) is 0 Å². The van der Waals surface area contributed by atoms with Crippen molar-refractivity contribution < 1.29 is 9.47 Å². The number of methoxy groups -OCH3 is 2. The quantitative estimate of drug-likeness (QED) is 0.747. The van der Waals surface area contributed by atoms with Gasteiger partial charge in [0.1, 0.15) is 18.0 Å². The Kier molecular flexibility index (Phi) is 6.38. The van der Waals surface area contributed by atoms with Gasteiger partial charge in [-0.2, -0.15) is 0 Å². The lowest BCUT2D eigenvalue weighted by atomic mass is 10.3. The second-order valence-electron chi connectivity index (χ2n) is 4.00. The number of hydrogen-bond acceptors (Lipinski definition) is 6. The molecule has 18 heavy (non-hydrogen) atoms. The highest BCUT2D eigenvalue weighted by Gasteiger charge is 2.16. The molecule has 0 saturated carbocycles. The Labute approximate surface area is 108 Å². The minimum Gasteiger partial charge on any atom is -0.383 e. The van der Waals surface area contributed by atoms with Gasteiger partial charge in [0.05, 0.1) is 19.3 Å². The zero-order valence-electron chi connectivity index (χ0n) is 11.5. The molecule has 0 aliphatic heterocycles. The molecule has 0 saturated heterocycles. The molecule has 6 heteroatoms. The molecule has 0 bridgehead atoms. The monoisotopic (exact) mass is 254 g/mol. The van der Waals surface area contributed by atoms with Gasteiger partial charge in [0.15, 0.2) is 0 Å². The molecular formula is C12H22N4O2. The molecule has 1 atom stereocenters. The molecule has 1 heterocycles. The SMILES string of the molecule is CNc1cc(N(CCOC)C(C)COC)ncn1. The zero-order valence-corrected chi connectivity index (χ0v) is 11.5. The number of ether oxygens (including phenoxy) is 2. The summed E-state index contributed by atoms with van der Waals surface area (Å²) in [5.41, 5.74) is 0. The van der Waals surface area contributed by atoms with E-state index in [1.807, 2.05) is 13.1 Å². The number of hydrogen-bond donors (Lipinski definition) is 1. The van der Waals surface area contributed by atoms with Crippen molar-refractivity contribution in [3.05, 3.63) is 12.4 Å². The van der Waals surface area contributed by atoms with E-state index in [1.54, 1.807) is 20.5 Å². The average molecular weight is 254 g/mol. The maximum absolute atomic E-state index is 5.20. The Morgan fingerprint density at radius 1 is 1.33 bits per heavy atom. The standard InChI is InChI=1S/C12H22N4O2/c1-10(8-18-4)16(5-6-17-3)12-7-11(13-2)14-9-15-12/h7,9-10H,5-6,8H2,1-4H3,(H,13,14,15). The van der Waals surface area contributed by atoms with Gasteiger partial charge in [-0.05, 0) is 6.92 Å². The number of anilines is 2. The number of nitrogens with one attached hydrogen (secondary N) is 1. The summed E-state index contributed by atoms with van der Waals surface area (Å²) >= 11 is 0. The fourth-order valence-electron chi connectivity index (χ4n) is 1.72. The fourth-order valence-corrected chi connectivity index (χ4v) is 1.72. The van der Waals surface area contributed by atoms with E-state index in [4.69, 9.17) is 9.47 Å². The smallest absolute Gasteiger partial charge is 0.134 e. The van der Waals surface area contributed by atoms with Crippen LogP contribution in [0.4, 0.5) is 11.6 Å². The van der Waals surface area contributed by atoms with Gasteiger partial charge in [-0.3, -0.25) is 0 Å². The normalized spacial score (nSPS) is 12.2. The van der Waals surface area contributed by atoms with Crippen molar-refractivity contribution in [2.24, 2.45) is 0 Å². The Hall–Kier alpha value is -1.40. The first-order valence-electron chi connectivity index (χ1n) is 5.97. The number of aromatic nitrogens is 2. The van der Waals surface area contributed by atoms with Crippen LogP contribution in [0.1, 0.15) is 6.92 Å². The van der Waals surface area contributed by atoms with Crippen LogP contribution >= 0.6 is 0 Å². The van der Waals surface area contributed by atoms with Gasteiger partial charge in [0, 0.05) is 33.9 Å². The summed E-state index contributed by atoms with van der Waals surface area (Å²) in [5.74, 6) is 1.67. The molecule has 1 N–H and O–H groups in total. The fraction of sp³-hybridized carbons (Fsp3) is 0.667. The Morgan fingerprint density at radius 3 is 2.72 bits per heavy atom. The topological polar surface area (TPSA) is 59.5 Å². The first-order chi connectivity index (χ1) is 8.72. The maximum Gasteiger partial charge on any atom is 0.134 e. The Morgan fingerprint density at radius 2 is 2.11 bits per heavy atom. The first-order valence-corrected chi connectivity index (χ1v) is 5.97. The lowest BCUT2D eigenvalue weighted by Gasteiger charge is -2.29. The molecule has 1 unspecified atom stereocenters. The molecule has 0 fully saturated rings. The summed E-state index contributed by atoms with van der Waals surface area (Å²) in [6.07, 6.45) is 1.56. The van der Waals surface area contributed by atoms with Crippen molar-refractivity contribution in [1.82, 2.24) is 9.97 Å². The van der Waals surface area contributed by atoms with Crippen molar-refractivity contribution in [1.29, 1.82) is 0 Å². The molecule has 102 valence electrons. The Bertz CT molecular complexity index is 349. The predicted octanol–water partition coefficient (Wildman–Crippen LogP) is 1.01. The molecule has 0 amide bonds. The van der Waals surface area contributed by atoms with Gasteiger partial charge in [-0.1, -0.05) is 0 Å². The van der Waals surface area contributed by atoms with E-state index in [-0.39, 0.29) is 6.04 Å². The summed E-state index contributed by atoms with van der Waals surface area (Å²) in [6.45, 7) is 4.15. The number of nitrogens with zero attached hydrogens (tertiary/aromatic N) is 3. The highest BCUT2D eigenvalue weighted by molar-refractivity contribution is 5.48. The molecule has 0 radical (unpaired) electrons. The maximum atomic E-state index is 5.20. The summed E-state index contributed by atoms with van der Waals surface area (Å²) in [4.78, 5) is 10.6. The van der Waals surface area contributed by atoms with Crippen molar-refractivity contribution in [2.75, 3.05) is 51.2 Å². The van der Waals surface area contributed by atoms with E-state index < -0.39 is 0 Å². The summed E-state index contributed by atoms with van der Waals surface area (Å²) in [7, 11) is 5.23. The second kappa shape index (κ2) is 7.84. The van der Waals surface area contributed by atoms with Crippen LogP contribution in [0.3, 0.4) is 0 Å². The molecule has 0 aliphatic carbocycles. The molecule has 6 nitrogen and oxygen atoms in total. The zero-order chi connectivity index (χ0) is 13.4. The molecule has 0 aromatic carbocycles. The summed E-state index contributed by atoms with van der Waals surface area (Å²) < 4.78 is 10.3. The average Bonchev–Trinajstić information content (AvgIpc) is 2.40. The highest BCUT2D eigenvalue weighted by Crippen LogP contribution is 2.16. The van der Waals surface area contributed by atoms with Crippen LogP contribution in [0.2, 0.25) is 0 Å². The molecule has 1 aromatic rings. The van der Waals surface area contributed by atoms with E-state index in [2.05, 4.69) is 27.1 Å². The van der Waals surface area contributed by atoms with Crippen LogP contribution in [-0.2, 0) is 9.47 Å². The lowest BCUT2D eigenvalue weighted by molar-refractivity contribution is 0.170.